The fraction of sp³-hybridized carbons (Fsp3) is 0.654. The van der Waals surface area contributed by atoms with Crippen LogP contribution in [0.1, 0.15) is 89.5 Å². The Morgan fingerprint density at radius 3 is 2.46 bits per heavy atom. The van der Waals surface area contributed by atoms with Gasteiger partial charge in [0.1, 0.15) is 0 Å². The lowest BCUT2D eigenvalue weighted by Crippen LogP contribution is -2.28. The summed E-state index contributed by atoms with van der Waals surface area (Å²) in [6, 6.07) is 10.6. The number of rotatable bonds is 13. The molecule has 0 radical (unpaired) electrons. The highest BCUT2D eigenvalue weighted by Gasteiger charge is 2.31. The zero-order valence-electron chi connectivity index (χ0n) is 17.8. The molecule has 1 fully saturated rings. The van der Waals surface area contributed by atoms with Gasteiger partial charge in [-0.05, 0) is 68.3 Å². The quantitative estimate of drug-likeness (QED) is 0.283. The number of hydrogen-bond donors (Lipinski definition) is 1. The maximum absolute atomic E-state index is 11.4. The second-order valence-electron chi connectivity index (χ2n) is 8.74. The topological polar surface area (TPSA) is 37.3 Å². The third kappa shape index (κ3) is 9.08. The van der Waals surface area contributed by atoms with Gasteiger partial charge in [0.05, 0.1) is 0 Å². The van der Waals surface area contributed by atoms with Gasteiger partial charge in [-0.1, -0.05) is 81.5 Å². The molecule has 1 aliphatic rings. The second-order valence-corrected chi connectivity index (χ2v) is 8.74. The highest BCUT2D eigenvalue weighted by molar-refractivity contribution is 5.67. The Morgan fingerprint density at radius 2 is 1.75 bits per heavy atom. The smallest absolute Gasteiger partial charge is 0.303 e. The molecule has 0 spiro atoms. The standard InChI is InChI=1S/C26H40O2/c1-2-3-4-5-6-7-8-9-11-16-23-17-18-24(25(20-23)21-26(27)28)19-22-14-12-10-13-15-22/h7-8,10,12-15,23-25H,2-6,9,11,16-21H2,1H3,(H,27,28)/t23-,24-,25+/m1/s1. The zero-order valence-corrected chi connectivity index (χ0v) is 17.8. The van der Waals surface area contributed by atoms with Crippen molar-refractivity contribution in [3.63, 3.8) is 0 Å². The highest BCUT2D eigenvalue weighted by atomic mass is 16.4. The fourth-order valence-electron chi connectivity index (χ4n) is 4.80. The Morgan fingerprint density at radius 1 is 1.00 bits per heavy atom. The Kier molecular flexibility index (Phi) is 11.0. The molecule has 0 heterocycles. The van der Waals surface area contributed by atoms with E-state index in [1.54, 1.807) is 0 Å². The van der Waals surface area contributed by atoms with Crippen molar-refractivity contribution in [3.05, 3.63) is 48.0 Å². The van der Waals surface area contributed by atoms with Crippen LogP contribution in [-0.2, 0) is 11.2 Å². The van der Waals surface area contributed by atoms with Crippen molar-refractivity contribution in [1.29, 1.82) is 0 Å². The van der Waals surface area contributed by atoms with Crippen LogP contribution in [0, 0.1) is 17.8 Å². The molecular formula is C26H40O2. The molecule has 1 aliphatic carbocycles. The van der Waals surface area contributed by atoms with Crippen LogP contribution in [0.2, 0.25) is 0 Å². The summed E-state index contributed by atoms with van der Waals surface area (Å²) in [5.41, 5.74) is 1.35. The first-order valence-electron chi connectivity index (χ1n) is 11.6. The molecule has 1 N–H and O–H groups in total. The number of hydrogen-bond acceptors (Lipinski definition) is 1. The van der Waals surface area contributed by atoms with E-state index in [4.69, 9.17) is 0 Å². The minimum Gasteiger partial charge on any atom is -0.481 e. The third-order valence-electron chi connectivity index (χ3n) is 6.40. The first-order valence-corrected chi connectivity index (χ1v) is 11.6. The van der Waals surface area contributed by atoms with Crippen molar-refractivity contribution in [1.82, 2.24) is 0 Å². The summed E-state index contributed by atoms with van der Waals surface area (Å²) in [5, 5.41) is 9.38. The Bertz CT molecular complexity index is 563. The molecule has 0 unspecified atom stereocenters. The van der Waals surface area contributed by atoms with E-state index in [-0.39, 0.29) is 0 Å². The average Bonchev–Trinajstić information content (AvgIpc) is 2.69. The monoisotopic (exact) mass is 384 g/mol. The lowest BCUT2D eigenvalue weighted by molar-refractivity contribution is -0.139. The van der Waals surface area contributed by atoms with Crippen molar-refractivity contribution in [2.75, 3.05) is 0 Å². The van der Waals surface area contributed by atoms with E-state index in [1.807, 2.05) is 0 Å². The van der Waals surface area contributed by atoms with Crippen LogP contribution in [0.5, 0.6) is 0 Å². The van der Waals surface area contributed by atoms with Crippen molar-refractivity contribution >= 4 is 5.97 Å². The van der Waals surface area contributed by atoms with Gasteiger partial charge in [0.25, 0.3) is 0 Å². The van der Waals surface area contributed by atoms with E-state index in [0.29, 0.717) is 24.2 Å². The number of aliphatic carboxylic acids is 1. The summed E-state index contributed by atoms with van der Waals surface area (Å²) in [7, 11) is 0. The van der Waals surface area contributed by atoms with E-state index >= 15 is 0 Å². The van der Waals surface area contributed by atoms with Gasteiger partial charge < -0.3 is 5.11 Å². The predicted octanol–water partition coefficient (Wildman–Crippen LogP) is 7.43. The van der Waals surface area contributed by atoms with Gasteiger partial charge in [0.2, 0.25) is 0 Å². The van der Waals surface area contributed by atoms with Gasteiger partial charge in [0.15, 0.2) is 0 Å². The van der Waals surface area contributed by atoms with Crippen molar-refractivity contribution in [2.24, 2.45) is 17.8 Å². The van der Waals surface area contributed by atoms with Crippen LogP contribution in [0.25, 0.3) is 0 Å². The van der Waals surface area contributed by atoms with Gasteiger partial charge in [-0.2, -0.15) is 0 Å². The maximum Gasteiger partial charge on any atom is 0.303 e. The first-order chi connectivity index (χ1) is 13.7. The maximum atomic E-state index is 11.4. The summed E-state index contributed by atoms with van der Waals surface area (Å²) in [6.45, 7) is 2.26. The Balaban J connectivity index is 1.71. The number of carboxylic acids is 1. The molecule has 2 rings (SSSR count). The summed E-state index contributed by atoms with van der Waals surface area (Å²) < 4.78 is 0. The molecule has 2 heteroatoms. The Labute approximate surface area is 172 Å². The van der Waals surface area contributed by atoms with Gasteiger partial charge in [-0.3, -0.25) is 4.79 Å². The molecule has 2 nitrogen and oxygen atoms in total. The van der Waals surface area contributed by atoms with Crippen LogP contribution in [-0.4, -0.2) is 11.1 Å². The largest absolute Gasteiger partial charge is 0.481 e. The third-order valence-corrected chi connectivity index (χ3v) is 6.40. The molecule has 28 heavy (non-hydrogen) atoms. The highest BCUT2D eigenvalue weighted by Crippen LogP contribution is 2.39. The lowest BCUT2D eigenvalue weighted by Gasteiger charge is -2.36. The summed E-state index contributed by atoms with van der Waals surface area (Å²) >= 11 is 0. The number of benzene rings is 1. The Hall–Kier alpha value is -1.57. The van der Waals surface area contributed by atoms with Gasteiger partial charge >= 0.3 is 5.97 Å². The van der Waals surface area contributed by atoms with Crippen LogP contribution >= 0.6 is 0 Å². The number of carbonyl (C=O) groups is 1. The van der Waals surface area contributed by atoms with E-state index < -0.39 is 5.97 Å². The summed E-state index contributed by atoms with van der Waals surface area (Å²) in [6.07, 6.45) is 19.9. The molecule has 156 valence electrons. The van der Waals surface area contributed by atoms with E-state index in [2.05, 4.69) is 49.4 Å². The first kappa shape index (κ1) is 22.7. The minimum atomic E-state index is -0.630. The average molecular weight is 385 g/mol. The SMILES string of the molecule is CCCCCCC=CCCC[C@@H]1CC[C@H](Cc2ccccc2)[C@H](CC(=O)O)C1. The fourth-order valence-corrected chi connectivity index (χ4v) is 4.80. The van der Waals surface area contributed by atoms with Crippen LogP contribution in [0.4, 0.5) is 0 Å². The van der Waals surface area contributed by atoms with E-state index in [0.717, 1.165) is 12.8 Å². The number of unbranched alkanes of at least 4 members (excludes halogenated alkanes) is 5. The number of allylic oxidation sites excluding steroid dienone is 2. The van der Waals surface area contributed by atoms with Crippen LogP contribution < -0.4 is 0 Å². The van der Waals surface area contributed by atoms with Crippen LogP contribution in [0.3, 0.4) is 0 Å². The normalized spacial score (nSPS) is 22.5. The molecule has 1 aromatic rings. The summed E-state index contributed by atoms with van der Waals surface area (Å²) in [5.74, 6) is 0.951. The lowest BCUT2D eigenvalue weighted by atomic mass is 9.69. The molecule has 0 aliphatic heterocycles. The van der Waals surface area contributed by atoms with Crippen molar-refractivity contribution < 1.29 is 9.90 Å². The summed E-state index contributed by atoms with van der Waals surface area (Å²) in [4.78, 5) is 11.4. The zero-order chi connectivity index (χ0) is 20.0. The molecule has 0 saturated heterocycles. The number of carboxylic acid groups (broad SMARTS) is 1. The van der Waals surface area contributed by atoms with Crippen LogP contribution in [0.15, 0.2) is 42.5 Å². The molecular weight excluding hydrogens is 344 g/mol. The molecule has 1 saturated carbocycles. The molecule has 1 aromatic carbocycles. The second kappa shape index (κ2) is 13.6. The molecule has 3 atom stereocenters. The minimum absolute atomic E-state index is 0.338. The van der Waals surface area contributed by atoms with E-state index in [1.165, 1.54) is 69.8 Å². The molecule has 0 amide bonds. The van der Waals surface area contributed by atoms with E-state index in [9.17, 15) is 9.90 Å². The molecule has 0 bridgehead atoms. The van der Waals surface area contributed by atoms with Crippen molar-refractivity contribution in [2.45, 2.75) is 90.4 Å². The molecule has 0 aromatic heterocycles. The van der Waals surface area contributed by atoms with Gasteiger partial charge in [0, 0.05) is 6.42 Å². The predicted molar refractivity (Wildman–Crippen MR) is 118 cm³/mol. The van der Waals surface area contributed by atoms with Gasteiger partial charge in [-0.15, -0.1) is 0 Å². The van der Waals surface area contributed by atoms with Crippen molar-refractivity contribution in [3.8, 4) is 0 Å². The van der Waals surface area contributed by atoms with Gasteiger partial charge in [-0.25, -0.2) is 0 Å².